The summed E-state index contributed by atoms with van der Waals surface area (Å²) in [6.45, 7) is 4.39. The standard InChI is InChI=1S/C23H25N5O6/c1-15-6-4-5-7-16(15)22-24-21(34-25-22)14-26-8-10-27(11-9-26)23(29)17-12-19(32-2)20(33-3)13-18(17)28(30)31/h4-7,12-13H,8-11,14H2,1-3H3. The summed E-state index contributed by atoms with van der Waals surface area (Å²) in [5.41, 5.74) is 1.63. The van der Waals surface area contributed by atoms with Gasteiger partial charge in [0.15, 0.2) is 11.5 Å². The summed E-state index contributed by atoms with van der Waals surface area (Å²) in [6.07, 6.45) is 0. The molecule has 11 nitrogen and oxygen atoms in total. The number of nitro groups is 1. The van der Waals surface area contributed by atoms with Crippen molar-refractivity contribution in [1.82, 2.24) is 19.9 Å². The average Bonchev–Trinajstić information content (AvgIpc) is 3.31. The van der Waals surface area contributed by atoms with E-state index in [0.717, 1.165) is 11.1 Å². The SMILES string of the molecule is COc1cc(C(=O)N2CCN(Cc3nc(-c4ccccc4C)no3)CC2)c([N+](=O)[O-])cc1OC. The van der Waals surface area contributed by atoms with Gasteiger partial charge in [-0.15, -0.1) is 0 Å². The molecule has 1 saturated heterocycles. The van der Waals surface area contributed by atoms with Gasteiger partial charge in [-0.2, -0.15) is 4.98 Å². The molecule has 2 aromatic carbocycles. The Morgan fingerprint density at radius 3 is 2.44 bits per heavy atom. The number of aromatic nitrogens is 2. The van der Waals surface area contributed by atoms with Crippen LogP contribution in [0.2, 0.25) is 0 Å². The molecular formula is C23H25N5O6. The van der Waals surface area contributed by atoms with E-state index in [1.807, 2.05) is 31.2 Å². The van der Waals surface area contributed by atoms with Crippen LogP contribution in [0.15, 0.2) is 40.9 Å². The quantitative estimate of drug-likeness (QED) is 0.381. The van der Waals surface area contributed by atoms with Crippen LogP contribution in [0.5, 0.6) is 11.5 Å². The van der Waals surface area contributed by atoms with Gasteiger partial charge in [-0.05, 0) is 12.5 Å². The van der Waals surface area contributed by atoms with Crippen molar-refractivity contribution in [3.8, 4) is 22.9 Å². The second kappa shape index (κ2) is 9.87. The number of rotatable bonds is 7. The van der Waals surface area contributed by atoms with Gasteiger partial charge in [-0.1, -0.05) is 29.4 Å². The number of hydrogen-bond acceptors (Lipinski definition) is 9. The minimum absolute atomic E-state index is 0.0316. The van der Waals surface area contributed by atoms with Crippen molar-refractivity contribution >= 4 is 11.6 Å². The molecule has 1 aromatic heterocycles. The van der Waals surface area contributed by atoms with Crippen molar-refractivity contribution in [2.75, 3.05) is 40.4 Å². The molecule has 0 bridgehead atoms. The van der Waals surface area contributed by atoms with Gasteiger partial charge in [0.05, 0.1) is 31.8 Å². The number of carbonyl (C=O) groups is 1. The largest absolute Gasteiger partial charge is 0.493 e. The maximum absolute atomic E-state index is 13.1. The predicted molar refractivity (Wildman–Crippen MR) is 122 cm³/mol. The highest BCUT2D eigenvalue weighted by molar-refractivity contribution is 5.99. The Morgan fingerprint density at radius 1 is 1.12 bits per heavy atom. The van der Waals surface area contributed by atoms with Crippen LogP contribution < -0.4 is 9.47 Å². The predicted octanol–water partition coefficient (Wildman–Crippen LogP) is 2.93. The monoisotopic (exact) mass is 467 g/mol. The zero-order valence-corrected chi connectivity index (χ0v) is 19.2. The highest BCUT2D eigenvalue weighted by atomic mass is 16.6. The lowest BCUT2D eigenvalue weighted by atomic mass is 10.1. The lowest BCUT2D eigenvalue weighted by Crippen LogP contribution is -2.48. The van der Waals surface area contributed by atoms with E-state index in [4.69, 9.17) is 14.0 Å². The van der Waals surface area contributed by atoms with E-state index in [-0.39, 0.29) is 22.7 Å². The van der Waals surface area contributed by atoms with Crippen LogP contribution in [-0.2, 0) is 6.54 Å². The van der Waals surface area contributed by atoms with Gasteiger partial charge in [0.1, 0.15) is 5.56 Å². The number of hydrogen-bond donors (Lipinski definition) is 0. The fourth-order valence-electron chi connectivity index (χ4n) is 3.91. The third kappa shape index (κ3) is 4.69. The summed E-state index contributed by atoms with van der Waals surface area (Å²) in [5.74, 6) is 1.07. The number of carbonyl (C=O) groups excluding carboxylic acids is 1. The third-order valence-corrected chi connectivity index (χ3v) is 5.80. The summed E-state index contributed by atoms with van der Waals surface area (Å²) in [7, 11) is 2.80. The maximum atomic E-state index is 13.1. The van der Waals surface area contributed by atoms with E-state index in [2.05, 4.69) is 15.0 Å². The van der Waals surface area contributed by atoms with Crippen molar-refractivity contribution in [2.24, 2.45) is 0 Å². The highest BCUT2D eigenvalue weighted by Gasteiger charge is 2.30. The molecule has 0 atom stereocenters. The highest BCUT2D eigenvalue weighted by Crippen LogP contribution is 2.35. The molecule has 0 spiro atoms. The first-order valence-corrected chi connectivity index (χ1v) is 10.7. The van der Waals surface area contributed by atoms with E-state index < -0.39 is 10.8 Å². The Hall–Kier alpha value is -3.99. The van der Waals surface area contributed by atoms with Crippen LogP contribution in [-0.4, -0.2) is 71.2 Å². The van der Waals surface area contributed by atoms with Gasteiger partial charge < -0.3 is 18.9 Å². The normalized spacial score (nSPS) is 14.1. The number of ether oxygens (including phenoxy) is 2. The molecule has 0 saturated carbocycles. The van der Waals surface area contributed by atoms with Crippen LogP contribution in [0.4, 0.5) is 5.69 Å². The van der Waals surface area contributed by atoms with Crippen molar-refractivity contribution in [1.29, 1.82) is 0 Å². The zero-order chi connectivity index (χ0) is 24.2. The molecule has 2 heterocycles. The summed E-state index contributed by atoms with van der Waals surface area (Å²) >= 11 is 0. The Kier molecular flexibility index (Phi) is 6.73. The van der Waals surface area contributed by atoms with E-state index >= 15 is 0 Å². The van der Waals surface area contributed by atoms with Crippen LogP contribution in [0.1, 0.15) is 21.8 Å². The smallest absolute Gasteiger partial charge is 0.286 e. The first kappa shape index (κ1) is 23.2. The van der Waals surface area contributed by atoms with Gasteiger partial charge in [0, 0.05) is 37.8 Å². The Labute approximate surface area is 196 Å². The van der Waals surface area contributed by atoms with Crippen LogP contribution in [0, 0.1) is 17.0 Å². The summed E-state index contributed by atoms with van der Waals surface area (Å²) in [5, 5.41) is 15.7. The van der Waals surface area contributed by atoms with Gasteiger partial charge in [0.2, 0.25) is 11.7 Å². The Balaban J connectivity index is 1.42. The van der Waals surface area contributed by atoms with Gasteiger partial charge in [0.25, 0.3) is 11.6 Å². The van der Waals surface area contributed by atoms with E-state index in [9.17, 15) is 14.9 Å². The van der Waals surface area contributed by atoms with Crippen molar-refractivity contribution in [2.45, 2.75) is 13.5 Å². The molecule has 1 fully saturated rings. The number of nitro benzene ring substituents is 1. The van der Waals surface area contributed by atoms with E-state index in [1.54, 1.807) is 4.90 Å². The number of aryl methyl sites for hydroxylation is 1. The molecule has 178 valence electrons. The first-order chi connectivity index (χ1) is 16.4. The lowest BCUT2D eigenvalue weighted by molar-refractivity contribution is -0.385. The fraction of sp³-hybridized carbons (Fsp3) is 0.348. The van der Waals surface area contributed by atoms with Crippen molar-refractivity contribution in [3.63, 3.8) is 0 Å². The number of piperazine rings is 1. The van der Waals surface area contributed by atoms with Crippen LogP contribution >= 0.6 is 0 Å². The molecule has 0 radical (unpaired) electrons. The number of methoxy groups -OCH3 is 2. The Bertz CT molecular complexity index is 1200. The molecule has 4 rings (SSSR count). The number of benzene rings is 2. The van der Waals surface area contributed by atoms with Crippen molar-refractivity contribution in [3.05, 3.63) is 63.5 Å². The minimum Gasteiger partial charge on any atom is -0.493 e. The molecular weight excluding hydrogens is 442 g/mol. The topological polar surface area (TPSA) is 124 Å². The summed E-state index contributed by atoms with van der Waals surface area (Å²) < 4.78 is 15.8. The van der Waals surface area contributed by atoms with Gasteiger partial charge in [-0.25, -0.2) is 0 Å². The fourth-order valence-corrected chi connectivity index (χ4v) is 3.91. The summed E-state index contributed by atoms with van der Waals surface area (Å²) in [4.78, 5) is 32.3. The minimum atomic E-state index is -0.590. The second-order valence-corrected chi connectivity index (χ2v) is 7.88. The first-order valence-electron chi connectivity index (χ1n) is 10.7. The molecule has 0 aliphatic carbocycles. The zero-order valence-electron chi connectivity index (χ0n) is 19.2. The van der Waals surface area contributed by atoms with Gasteiger partial charge >= 0.3 is 0 Å². The van der Waals surface area contributed by atoms with Crippen LogP contribution in [0.3, 0.4) is 0 Å². The van der Waals surface area contributed by atoms with Crippen LogP contribution in [0.25, 0.3) is 11.4 Å². The maximum Gasteiger partial charge on any atom is 0.286 e. The molecule has 3 aromatic rings. The molecule has 0 unspecified atom stereocenters. The lowest BCUT2D eigenvalue weighted by Gasteiger charge is -2.33. The van der Waals surface area contributed by atoms with E-state index in [0.29, 0.717) is 44.4 Å². The molecule has 34 heavy (non-hydrogen) atoms. The Morgan fingerprint density at radius 2 is 1.79 bits per heavy atom. The average molecular weight is 467 g/mol. The molecule has 11 heteroatoms. The second-order valence-electron chi connectivity index (χ2n) is 7.88. The molecule has 1 amide bonds. The molecule has 1 aliphatic rings. The molecule has 1 aliphatic heterocycles. The third-order valence-electron chi connectivity index (χ3n) is 5.80. The van der Waals surface area contributed by atoms with E-state index in [1.165, 1.54) is 26.4 Å². The number of nitrogens with zero attached hydrogens (tertiary/aromatic N) is 5. The number of amides is 1. The molecule has 0 N–H and O–H groups in total. The van der Waals surface area contributed by atoms with Crippen molar-refractivity contribution < 1.29 is 23.7 Å². The summed E-state index contributed by atoms with van der Waals surface area (Å²) in [6, 6.07) is 10.4. The van der Waals surface area contributed by atoms with Gasteiger partial charge in [-0.3, -0.25) is 19.8 Å².